The van der Waals surface area contributed by atoms with Crippen LogP contribution >= 0.6 is 0 Å². The number of aliphatic hydroxyl groups is 1. The molecule has 5 rings (SSSR count). The van der Waals surface area contributed by atoms with Gasteiger partial charge in [-0.25, -0.2) is 0 Å². The summed E-state index contributed by atoms with van der Waals surface area (Å²) in [5.41, 5.74) is 0.307. The number of nitrogens with one attached hydrogen (secondary N) is 1. The molecular formula is C33H45N3O5S. The van der Waals surface area contributed by atoms with Crippen LogP contribution in [0.15, 0.2) is 53.4 Å². The molecule has 0 radical (unpaired) electrons. The van der Waals surface area contributed by atoms with Gasteiger partial charge in [0.15, 0.2) is 0 Å². The summed E-state index contributed by atoms with van der Waals surface area (Å²) in [7, 11) is -1.02. The Kier molecular flexibility index (Phi) is 10.0. The summed E-state index contributed by atoms with van der Waals surface area (Å²) >= 11 is 0. The smallest absolute Gasteiger partial charge is 0.248 e. The van der Waals surface area contributed by atoms with Crippen LogP contribution in [0, 0.1) is 5.92 Å². The number of carbonyl (C=O) groups excluding carboxylic acids is 2. The predicted octanol–water partition coefficient (Wildman–Crippen LogP) is 4.62. The van der Waals surface area contributed by atoms with Gasteiger partial charge in [0.25, 0.3) is 0 Å². The highest BCUT2D eigenvalue weighted by molar-refractivity contribution is 7.84. The standard InChI is InChI=1S/C33H45N3O5S/c1-3-4-20-36-31(38)29(30(37)25-8-6-5-7-9-25)34-32(39)33(36)18-21-35(22-19-33)23-24-10-12-26(13-11-24)41-27-14-16-28(17-15-27)42(2)40/h10-17,25,29-30,37H,3-9,18-23H2,1-2H3,(H,34,39). The Balaban J connectivity index is 1.20. The summed E-state index contributed by atoms with van der Waals surface area (Å²) in [5, 5.41) is 14.2. The van der Waals surface area contributed by atoms with E-state index in [-0.39, 0.29) is 17.7 Å². The Labute approximate surface area is 252 Å². The minimum Gasteiger partial charge on any atom is -0.457 e. The van der Waals surface area contributed by atoms with E-state index < -0.39 is 28.5 Å². The first-order chi connectivity index (χ1) is 20.3. The minimum atomic E-state index is -1.02. The molecule has 2 N–H and O–H groups in total. The number of likely N-dealkylation sites (tertiary alicyclic amines) is 1. The van der Waals surface area contributed by atoms with E-state index in [0.717, 1.165) is 61.3 Å². The van der Waals surface area contributed by atoms with E-state index in [1.807, 2.05) is 41.3 Å². The Morgan fingerprint density at radius 3 is 2.21 bits per heavy atom. The third-order valence-corrected chi connectivity index (χ3v) is 10.3. The predicted molar refractivity (Wildman–Crippen MR) is 164 cm³/mol. The van der Waals surface area contributed by atoms with Crippen LogP contribution in [0.3, 0.4) is 0 Å². The van der Waals surface area contributed by atoms with Gasteiger partial charge in [-0.05, 0) is 80.0 Å². The number of nitrogens with zero attached hydrogens (tertiary/aromatic N) is 2. The lowest BCUT2D eigenvalue weighted by molar-refractivity contribution is -0.166. The van der Waals surface area contributed by atoms with Crippen LogP contribution in [0.25, 0.3) is 0 Å². The van der Waals surface area contributed by atoms with Gasteiger partial charge in [0, 0.05) is 48.1 Å². The molecule has 2 aliphatic heterocycles. The molecular weight excluding hydrogens is 550 g/mol. The van der Waals surface area contributed by atoms with Gasteiger partial charge in [0.1, 0.15) is 23.1 Å². The first kappa shape index (κ1) is 30.7. The first-order valence-electron chi connectivity index (χ1n) is 15.5. The zero-order valence-electron chi connectivity index (χ0n) is 24.9. The highest BCUT2D eigenvalue weighted by Crippen LogP contribution is 2.36. The second-order valence-electron chi connectivity index (χ2n) is 12.2. The summed E-state index contributed by atoms with van der Waals surface area (Å²) in [6.07, 6.45) is 8.93. The number of benzene rings is 2. The molecule has 3 aliphatic rings. The van der Waals surface area contributed by atoms with Crippen LogP contribution in [0.2, 0.25) is 0 Å². The fraction of sp³-hybridized carbons (Fsp3) is 0.576. The van der Waals surface area contributed by atoms with Crippen molar-refractivity contribution in [2.45, 2.75) is 93.8 Å². The fourth-order valence-corrected chi connectivity index (χ4v) is 7.31. The maximum absolute atomic E-state index is 13.8. The molecule has 2 saturated heterocycles. The van der Waals surface area contributed by atoms with Crippen LogP contribution < -0.4 is 10.1 Å². The molecule has 0 aromatic heterocycles. The van der Waals surface area contributed by atoms with Crippen molar-refractivity contribution < 1.29 is 23.6 Å². The number of piperazine rings is 1. The molecule has 42 heavy (non-hydrogen) atoms. The molecule has 3 fully saturated rings. The minimum absolute atomic E-state index is 0.0715. The fourth-order valence-electron chi connectivity index (χ4n) is 6.79. The Morgan fingerprint density at radius 2 is 1.62 bits per heavy atom. The van der Waals surface area contributed by atoms with Crippen LogP contribution in [-0.2, 0) is 26.9 Å². The summed E-state index contributed by atoms with van der Waals surface area (Å²) in [6.45, 7) is 4.82. The monoisotopic (exact) mass is 595 g/mol. The van der Waals surface area contributed by atoms with E-state index in [2.05, 4.69) is 29.3 Å². The van der Waals surface area contributed by atoms with Crippen LogP contribution in [0.4, 0.5) is 0 Å². The Morgan fingerprint density at radius 1 is 1.00 bits per heavy atom. The summed E-state index contributed by atoms with van der Waals surface area (Å²) in [5.74, 6) is 1.29. The first-order valence-corrected chi connectivity index (χ1v) is 17.1. The number of rotatable bonds is 10. The van der Waals surface area contributed by atoms with E-state index in [1.54, 1.807) is 6.26 Å². The molecule has 8 nitrogen and oxygen atoms in total. The van der Waals surface area contributed by atoms with Crippen LogP contribution in [0.5, 0.6) is 11.5 Å². The number of ether oxygens (including phenoxy) is 1. The summed E-state index contributed by atoms with van der Waals surface area (Å²) in [4.78, 5) is 32.5. The van der Waals surface area contributed by atoms with Gasteiger partial charge < -0.3 is 20.1 Å². The zero-order valence-corrected chi connectivity index (χ0v) is 25.7. The second-order valence-corrected chi connectivity index (χ2v) is 13.5. The Bertz CT molecular complexity index is 1240. The summed E-state index contributed by atoms with van der Waals surface area (Å²) < 4.78 is 17.6. The SMILES string of the molecule is CCCCN1C(=O)C(C(O)C2CCCCC2)NC(=O)C12CCN(Cc1ccc(Oc3ccc(S(C)=O)cc3)cc1)CC2. The van der Waals surface area contributed by atoms with E-state index in [4.69, 9.17) is 4.74 Å². The molecule has 1 saturated carbocycles. The Hall–Kier alpha value is -2.75. The lowest BCUT2D eigenvalue weighted by atomic mass is 9.78. The lowest BCUT2D eigenvalue weighted by Crippen LogP contribution is -2.75. The number of aliphatic hydroxyl groups excluding tert-OH is 1. The number of hydrogen-bond donors (Lipinski definition) is 2. The van der Waals surface area contributed by atoms with Gasteiger partial charge in [-0.15, -0.1) is 0 Å². The molecule has 2 amide bonds. The van der Waals surface area contributed by atoms with Crippen molar-refractivity contribution in [3.05, 3.63) is 54.1 Å². The maximum Gasteiger partial charge on any atom is 0.248 e. The summed E-state index contributed by atoms with van der Waals surface area (Å²) in [6, 6.07) is 14.4. The topological polar surface area (TPSA) is 99.2 Å². The number of unbranched alkanes of at least 4 members (excludes halogenated alkanes) is 1. The highest BCUT2D eigenvalue weighted by Gasteiger charge is 2.55. The van der Waals surface area contributed by atoms with Crippen molar-refractivity contribution in [1.82, 2.24) is 15.1 Å². The van der Waals surface area contributed by atoms with Gasteiger partial charge >= 0.3 is 0 Å². The van der Waals surface area contributed by atoms with E-state index in [9.17, 15) is 18.9 Å². The average Bonchev–Trinajstić information content (AvgIpc) is 3.01. The molecule has 3 atom stereocenters. The molecule has 3 unspecified atom stereocenters. The quantitative estimate of drug-likeness (QED) is 0.416. The molecule has 1 aliphatic carbocycles. The van der Waals surface area contributed by atoms with E-state index in [1.165, 1.54) is 6.42 Å². The number of piperidine rings is 1. The molecule has 9 heteroatoms. The van der Waals surface area contributed by atoms with Crippen molar-refractivity contribution in [3.63, 3.8) is 0 Å². The van der Waals surface area contributed by atoms with Crippen molar-refractivity contribution in [2.75, 3.05) is 25.9 Å². The van der Waals surface area contributed by atoms with Gasteiger partial charge in [0.05, 0.1) is 6.10 Å². The molecule has 2 aromatic rings. The van der Waals surface area contributed by atoms with Crippen molar-refractivity contribution in [3.8, 4) is 11.5 Å². The molecule has 2 aromatic carbocycles. The lowest BCUT2D eigenvalue weighted by Gasteiger charge is -2.52. The van der Waals surface area contributed by atoms with Crippen molar-refractivity contribution >= 4 is 22.6 Å². The van der Waals surface area contributed by atoms with Crippen LogP contribution in [-0.4, -0.2) is 74.5 Å². The number of carbonyl (C=O) groups is 2. The van der Waals surface area contributed by atoms with E-state index >= 15 is 0 Å². The van der Waals surface area contributed by atoms with Crippen LogP contribution in [0.1, 0.15) is 70.3 Å². The van der Waals surface area contributed by atoms with Gasteiger partial charge in [-0.1, -0.05) is 44.7 Å². The largest absolute Gasteiger partial charge is 0.457 e. The second kappa shape index (κ2) is 13.7. The molecule has 228 valence electrons. The van der Waals surface area contributed by atoms with Crippen molar-refractivity contribution in [2.24, 2.45) is 5.92 Å². The van der Waals surface area contributed by atoms with Gasteiger partial charge in [0.2, 0.25) is 11.8 Å². The van der Waals surface area contributed by atoms with Gasteiger partial charge in [-0.3, -0.25) is 18.7 Å². The van der Waals surface area contributed by atoms with Gasteiger partial charge in [-0.2, -0.15) is 0 Å². The average molecular weight is 596 g/mol. The van der Waals surface area contributed by atoms with Crippen molar-refractivity contribution in [1.29, 1.82) is 0 Å². The zero-order chi connectivity index (χ0) is 29.7. The normalized spacial score (nSPS) is 23.0. The molecule has 2 heterocycles. The number of amides is 2. The van der Waals surface area contributed by atoms with E-state index in [0.29, 0.717) is 38.2 Å². The molecule has 0 bridgehead atoms. The number of hydrogen-bond acceptors (Lipinski definition) is 6. The highest BCUT2D eigenvalue weighted by atomic mass is 32.2. The third kappa shape index (κ3) is 6.74. The maximum atomic E-state index is 13.8. The molecule has 1 spiro atoms. The third-order valence-electron chi connectivity index (χ3n) is 9.37.